The van der Waals surface area contributed by atoms with E-state index in [0.29, 0.717) is 5.91 Å². The van der Waals surface area contributed by atoms with Crippen LogP contribution in [0.3, 0.4) is 0 Å². The molecule has 3 nitrogen and oxygen atoms in total. The number of hydrogen-bond acceptors (Lipinski definition) is 2. The Labute approximate surface area is 181 Å². The van der Waals surface area contributed by atoms with Crippen LogP contribution in [0.1, 0.15) is 50.5 Å². The van der Waals surface area contributed by atoms with E-state index >= 15 is 0 Å². The first-order chi connectivity index (χ1) is 13.4. The number of benzene rings is 1. The predicted molar refractivity (Wildman–Crippen MR) is 117 cm³/mol. The second kappa shape index (κ2) is 7.28. The van der Waals surface area contributed by atoms with Crippen LogP contribution >= 0.6 is 27.5 Å². The summed E-state index contributed by atoms with van der Waals surface area (Å²) in [4.78, 5) is 18.4. The van der Waals surface area contributed by atoms with Crippen LogP contribution in [0.25, 0.3) is 0 Å². The molecule has 2 atom stereocenters. The summed E-state index contributed by atoms with van der Waals surface area (Å²) in [7, 11) is 0. The van der Waals surface area contributed by atoms with Crippen LogP contribution in [0.15, 0.2) is 24.3 Å². The van der Waals surface area contributed by atoms with E-state index in [-0.39, 0.29) is 9.74 Å². The highest BCUT2D eigenvalue weighted by atomic mass is 79.9. The van der Waals surface area contributed by atoms with Crippen LogP contribution in [-0.4, -0.2) is 46.2 Å². The molecule has 1 saturated heterocycles. The molecule has 5 aliphatic rings. The van der Waals surface area contributed by atoms with Gasteiger partial charge in [0.15, 0.2) is 0 Å². The van der Waals surface area contributed by atoms with Gasteiger partial charge in [-0.1, -0.05) is 39.7 Å². The molecule has 28 heavy (non-hydrogen) atoms. The highest BCUT2D eigenvalue weighted by Gasteiger charge is 2.60. The Kier molecular flexibility index (Phi) is 5.04. The number of carbonyl (C=O) groups is 1. The molecule has 0 radical (unpaired) electrons. The summed E-state index contributed by atoms with van der Waals surface area (Å²) >= 11 is 10.1. The molecule has 5 fully saturated rings. The third kappa shape index (κ3) is 3.65. The van der Waals surface area contributed by atoms with Crippen LogP contribution in [0, 0.1) is 17.3 Å². The maximum absolute atomic E-state index is 13.7. The molecular weight excluding hydrogens is 436 g/mol. The molecule has 4 bridgehead atoms. The van der Waals surface area contributed by atoms with E-state index in [1.807, 2.05) is 12.1 Å². The van der Waals surface area contributed by atoms with E-state index in [9.17, 15) is 4.79 Å². The number of amides is 1. The Balaban J connectivity index is 1.25. The van der Waals surface area contributed by atoms with E-state index in [4.69, 9.17) is 11.6 Å². The molecule has 1 amide bonds. The summed E-state index contributed by atoms with van der Waals surface area (Å²) in [5.74, 6) is 2.00. The lowest BCUT2D eigenvalue weighted by Crippen LogP contribution is -2.59. The van der Waals surface area contributed by atoms with E-state index in [1.54, 1.807) is 0 Å². The van der Waals surface area contributed by atoms with Crippen molar-refractivity contribution in [3.05, 3.63) is 34.9 Å². The Hall–Kier alpha value is -0.580. The maximum atomic E-state index is 13.7. The number of rotatable bonds is 3. The number of carbonyl (C=O) groups excluding carboxylic acids is 1. The molecule has 0 spiro atoms. The molecule has 1 aromatic carbocycles. The molecule has 2 unspecified atom stereocenters. The quantitative estimate of drug-likeness (QED) is 0.579. The number of nitrogens with zero attached hydrogens (tertiary/aromatic N) is 2. The van der Waals surface area contributed by atoms with Crippen molar-refractivity contribution in [1.29, 1.82) is 0 Å². The SMILES string of the molecule is O=C(N1CCCN(Cc2ccc(Cl)cc2)CC1)C12CC3CC(CC(Br)(C3)C1)C2. The first-order valence-electron chi connectivity index (χ1n) is 10.9. The Morgan fingerprint density at radius 1 is 1.04 bits per heavy atom. The fraction of sp³-hybridized carbons (Fsp3) is 0.696. The van der Waals surface area contributed by atoms with Gasteiger partial charge in [-0.25, -0.2) is 0 Å². The van der Waals surface area contributed by atoms with Crippen molar-refractivity contribution < 1.29 is 4.79 Å². The Morgan fingerprint density at radius 2 is 1.75 bits per heavy atom. The predicted octanol–water partition coefficient (Wildman–Crippen LogP) is 5.11. The Bertz CT molecular complexity index is 737. The summed E-state index contributed by atoms with van der Waals surface area (Å²) in [6.45, 7) is 4.77. The largest absolute Gasteiger partial charge is 0.341 e. The molecule has 6 rings (SSSR count). The minimum atomic E-state index is -0.0705. The van der Waals surface area contributed by atoms with Gasteiger partial charge in [-0.3, -0.25) is 9.69 Å². The van der Waals surface area contributed by atoms with Crippen molar-refractivity contribution in [3.8, 4) is 0 Å². The van der Waals surface area contributed by atoms with Gasteiger partial charge >= 0.3 is 0 Å². The molecule has 0 aromatic heterocycles. The second-order valence-corrected chi connectivity index (χ2v) is 12.1. The van der Waals surface area contributed by atoms with Crippen molar-refractivity contribution >= 4 is 33.4 Å². The molecule has 1 aliphatic heterocycles. The normalized spacial score (nSPS) is 37.9. The lowest BCUT2D eigenvalue weighted by atomic mass is 9.49. The van der Waals surface area contributed by atoms with Crippen molar-refractivity contribution in [2.24, 2.45) is 17.3 Å². The minimum absolute atomic E-state index is 0.0705. The minimum Gasteiger partial charge on any atom is -0.341 e. The number of hydrogen-bond donors (Lipinski definition) is 0. The second-order valence-electron chi connectivity index (χ2n) is 9.94. The Morgan fingerprint density at radius 3 is 2.43 bits per heavy atom. The summed E-state index contributed by atoms with van der Waals surface area (Å²) in [6.07, 6.45) is 8.35. The van der Waals surface area contributed by atoms with Gasteiger partial charge < -0.3 is 4.90 Å². The van der Waals surface area contributed by atoms with Gasteiger partial charge in [0.05, 0.1) is 5.41 Å². The molecule has 4 saturated carbocycles. The van der Waals surface area contributed by atoms with Crippen molar-refractivity contribution in [2.75, 3.05) is 26.2 Å². The van der Waals surface area contributed by atoms with E-state index in [0.717, 1.165) is 75.3 Å². The summed E-state index contributed by atoms with van der Waals surface area (Å²) in [5, 5.41) is 0.788. The smallest absolute Gasteiger partial charge is 0.228 e. The van der Waals surface area contributed by atoms with Gasteiger partial charge in [-0.05, 0) is 74.5 Å². The zero-order chi connectivity index (χ0) is 19.4. The topological polar surface area (TPSA) is 23.6 Å². The maximum Gasteiger partial charge on any atom is 0.228 e. The van der Waals surface area contributed by atoms with Gasteiger partial charge in [-0.2, -0.15) is 0 Å². The zero-order valence-electron chi connectivity index (χ0n) is 16.5. The van der Waals surface area contributed by atoms with Gasteiger partial charge in [0.25, 0.3) is 0 Å². The van der Waals surface area contributed by atoms with Gasteiger partial charge in [0.1, 0.15) is 0 Å². The number of halogens is 2. The molecule has 0 N–H and O–H groups in total. The molecule has 1 aromatic rings. The highest BCUT2D eigenvalue weighted by molar-refractivity contribution is 9.10. The molecule has 152 valence electrons. The monoisotopic (exact) mass is 464 g/mol. The van der Waals surface area contributed by atoms with Gasteiger partial charge in [0, 0.05) is 42.1 Å². The summed E-state index contributed by atoms with van der Waals surface area (Å²) in [5.41, 5.74) is 1.23. The van der Waals surface area contributed by atoms with Crippen LogP contribution < -0.4 is 0 Å². The lowest BCUT2D eigenvalue weighted by Gasteiger charge is -2.60. The zero-order valence-corrected chi connectivity index (χ0v) is 18.8. The van der Waals surface area contributed by atoms with Crippen molar-refractivity contribution in [3.63, 3.8) is 0 Å². The van der Waals surface area contributed by atoms with E-state index < -0.39 is 0 Å². The average Bonchev–Trinajstić information content (AvgIpc) is 2.86. The van der Waals surface area contributed by atoms with Crippen LogP contribution in [0.2, 0.25) is 5.02 Å². The first-order valence-corrected chi connectivity index (χ1v) is 12.1. The van der Waals surface area contributed by atoms with Gasteiger partial charge in [0.2, 0.25) is 5.91 Å². The van der Waals surface area contributed by atoms with Crippen LogP contribution in [-0.2, 0) is 11.3 Å². The fourth-order valence-corrected chi connectivity index (χ4v) is 8.49. The fourth-order valence-electron chi connectivity index (χ4n) is 6.92. The molecule has 1 heterocycles. The van der Waals surface area contributed by atoms with Crippen molar-refractivity contribution in [2.45, 2.75) is 55.8 Å². The van der Waals surface area contributed by atoms with Crippen LogP contribution in [0.4, 0.5) is 0 Å². The first kappa shape index (κ1) is 19.4. The average molecular weight is 466 g/mol. The molecular formula is C23H30BrClN2O. The third-order valence-corrected chi connectivity index (χ3v) is 8.82. The van der Waals surface area contributed by atoms with Crippen molar-refractivity contribution in [1.82, 2.24) is 9.80 Å². The molecule has 4 aliphatic carbocycles. The highest BCUT2D eigenvalue weighted by Crippen LogP contribution is 2.64. The van der Waals surface area contributed by atoms with Crippen LogP contribution in [0.5, 0.6) is 0 Å². The lowest BCUT2D eigenvalue weighted by molar-refractivity contribution is -0.155. The van der Waals surface area contributed by atoms with Gasteiger partial charge in [-0.15, -0.1) is 0 Å². The molecule has 5 heteroatoms. The standard InChI is InChI=1S/C23H30BrClN2O/c24-23-13-18-10-19(14-23)12-22(11-18,16-23)21(28)27-7-1-6-26(8-9-27)15-17-2-4-20(25)5-3-17/h2-5,18-19H,1,6-16H2. The number of alkyl halides is 1. The third-order valence-electron chi connectivity index (χ3n) is 7.64. The van der Waals surface area contributed by atoms with E-state index in [2.05, 4.69) is 37.9 Å². The van der Waals surface area contributed by atoms with E-state index in [1.165, 1.54) is 24.8 Å². The summed E-state index contributed by atoms with van der Waals surface area (Å²) < 4.78 is 0.249. The summed E-state index contributed by atoms with van der Waals surface area (Å²) in [6, 6.07) is 8.16.